The zero-order valence-electron chi connectivity index (χ0n) is 6.83. The highest BCUT2D eigenvalue weighted by atomic mass is 19.1. The largest absolute Gasteiger partial charge is 0.330 e. The van der Waals surface area contributed by atoms with Gasteiger partial charge in [0.25, 0.3) is 0 Å². The number of hydrogen-bond acceptors (Lipinski definition) is 1. The first-order valence-corrected chi connectivity index (χ1v) is 4.27. The topological polar surface area (TPSA) is 26.0 Å². The number of benzene rings is 1. The fraction of sp³-hybridized carbons (Fsp3) is 0.400. The van der Waals surface area contributed by atoms with Gasteiger partial charge in [-0.3, -0.25) is 0 Å². The quantitative estimate of drug-likeness (QED) is 0.711. The standard InChI is InChI=1S/C10H12FN/c11-9-3-1-2-7(4-9)10-5-8(10)6-12/h1-4,8,10H,5-6,12H2/t8-,10-/m0/s1. The molecule has 0 unspecified atom stereocenters. The van der Waals surface area contributed by atoms with Crippen LogP contribution in [0.15, 0.2) is 24.3 Å². The van der Waals surface area contributed by atoms with E-state index in [9.17, 15) is 4.39 Å². The molecule has 0 aliphatic heterocycles. The van der Waals surface area contributed by atoms with Crippen LogP contribution < -0.4 is 5.73 Å². The number of rotatable bonds is 2. The van der Waals surface area contributed by atoms with Crippen LogP contribution in [0.5, 0.6) is 0 Å². The summed E-state index contributed by atoms with van der Waals surface area (Å²) in [5.74, 6) is 0.965. The Morgan fingerprint density at radius 2 is 2.33 bits per heavy atom. The number of hydrogen-bond donors (Lipinski definition) is 1. The van der Waals surface area contributed by atoms with Crippen LogP contribution in [0.2, 0.25) is 0 Å². The van der Waals surface area contributed by atoms with Gasteiger partial charge in [-0.05, 0) is 42.5 Å². The van der Waals surface area contributed by atoms with Gasteiger partial charge in [-0.1, -0.05) is 12.1 Å². The molecule has 0 heterocycles. The van der Waals surface area contributed by atoms with Crippen molar-refractivity contribution in [1.82, 2.24) is 0 Å². The lowest BCUT2D eigenvalue weighted by Crippen LogP contribution is -2.01. The number of halogens is 1. The zero-order valence-corrected chi connectivity index (χ0v) is 6.83. The summed E-state index contributed by atoms with van der Waals surface area (Å²) in [5, 5.41) is 0. The molecule has 2 N–H and O–H groups in total. The molecule has 12 heavy (non-hydrogen) atoms. The third-order valence-corrected chi connectivity index (χ3v) is 2.50. The first-order valence-electron chi connectivity index (χ1n) is 4.27. The Morgan fingerprint density at radius 1 is 1.50 bits per heavy atom. The van der Waals surface area contributed by atoms with Gasteiger partial charge in [0, 0.05) is 0 Å². The lowest BCUT2D eigenvalue weighted by molar-refractivity contribution is 0.624. The van der Waals surface area contributed by atoms with Crippen molar-refractivity contribution in [3.05, 3.63) is 35.6 Å². The minimum absolute atomic E-state index is 0.143. The Kier molecular flexibility index (Phi) is 1.85. The van der Waals surface area contributed by atoms with Gasteiger partial charge in [-0.15, -0.1) is 0 Å². The Hall–Kier alpha value is -0.890. The van der Waals surface area contributed by atoms with Gasteiger partial charge in [0.1, 0.15) is 5.82 Å². The van der Waals surface area contributed by atoms with Crippen LogP contribution in [0.4, 0.5) is 4.39 Å². The molecule has 2 rings (SSSR count). The fourth-order valence-corrected chi connectivity index (χ4v) is 1.65. The van der Waals surface area contributed by atoms with E-state index >= 15 is 0 Å². The Balaban J connectivity index is 2.14. The molecule has 0 spiro atoms. The molecule has 0 bridgehead atoms. The third kappa shape index (κ3) is 1.34. The SMILES string of the molecule is NC[C@@H]1C[C@H]1c1cccc(F)c1. The van der Waals surface area contributed by atoms with Crippen LogP contribution in [0.25, 0.3) is 0 Å². The van der Waals surface area contributed by atoms with Crippen molar-refractivity contribution in [3.63, 3.8) is 0 Å². The fourth-order valence-electron chi connectivity index (χ4n) is 1.65. The van der Waals surface area contributed by atoms with Crippen LogP contribution in [-0.4, -0.2) is 6.54 Å². The zero-order chi connectivity index (χ0) is 8.55. The van der Waals surface area contributed by atoms with Gasteiger partial charge in [0.2, 0.25) is 0 Å². The van der Waals surface area contributed by atoms with E-state index in [0.717, 1.165) is 18.5 Å². The predicted octanol–water partition coefficient (Wildman–Crippen LogP) is 1.89. The normalized spacial score (nSPS) is 27.2. The predicted molar refractivity (Wildman–Crippen MR) is 46.3 cm³/mol. The molecule has 1 saturated carbocycles. The molecule has 1 nitrogen and oxygen atoms in total. The van der Waals surface area contributed by atoms with E-state index in [0.29, 0.717) is 11.8 Å². The van der Waals surface area contributed by atoms with Gasteiger partial charge in [-0.2, -0.15) is 0 Å². The van der Waals surface area contributed by atoms with E-state index < -0.39 is 0 Å². The van der Waals surface area contributed by atoms with Crippen molar-refractivity contribution in [3.8, 4) is 0 Å². The van der Waals surface area contributed by atoms with E-state index in [1.807, 2.05) is 6.07 Å². The molecular weight excluding hydrogens is 153 g/mol. The molecule has 2 atom stereocenters. The second kappa shape index (κ2) is 2.87. The van der Waals surface area contributed by atoms with Crippen LogP contribution in [0.1, 0.15) is 17.9 Å². The second-order valence-corrected chi connectivity index (χ2v) is 3.39. The molecule has 2 heteroatoms. The van der Waals surface area contributed by atoms with Crippen LogP contribution in [-0.2, 0) is 0 Å². The van der Waals surface area contributed by atoms with Crippen molar-refractivity contribution in [2.24, 2.45) is 11.7 Å². The second-order valence-electron chi connectivity index (χ2n) is 3.39. The van der Waals surface area contributed by atoms with Crippen molar-refractivity contribution in [1.29, 1.82) is 0 Å². The average Bonchev–Trinajstić information content (AvgIpc) is 2.83. The highest BCUT2D eigenvalue weighted by Gasteiger charge is 2.36. The van der Waals surface area contributed by atoms with Gasteiger partial charge >= 0.3 is 0 Å². The van der Waals surface area contributed by atoms with Gasteiger partial charge in [0.05, 0.1) is 0 Å². The van der Waals surface area contributed by atoms with Crippen molar-refractivity contribution in [2.75, 3.05) is 6.54 Å². The molecule has 1 aliphatic rings. The van der Waals surface area contributed by atoms with E-state index in [-0.39, 0.29) is 5.82 Å². The lowest BCUT2D eigenvalue weighted by atomic mass is 10.1. The summed E-state index contributed by atoms with van der Waals surface area (Å²) in [4.78, 5) is 0. The minimum Gasteiger partial charge on any atom is -0.330 e. The van der Waals surface area contributed by atoms with Crippen LogP contribution >= 0.6 is 0 Å². The highest BCUT2D eigenvalue weighted by Crippen LogP contribution is 2.46. The van der Waals surface area contributed by atoms with Gasteiger partial charge in [0.15, 0.2) is 0 Å². The summed E-state index contributed by atoms with van der Waals surface area (Å²) in [7, 11) is 0. The summed E-state index contributed by atoms with van der Waals surface area (Å²) in [6.07, 6.45) is 1.12. The monoisotopic (exact) mass is 165 g/mol. The summed E-state index contributed by atoms with van der Waals surface area (Å²) in [6, 6.07) is 6.82. The maximum Gasteiger partial charge on any atom is 0.123 e. The maximum absolute atomic E-state index is 12.8. The molecule has 0 aromatic heterocycles. The summed E-state index contributed by atoms with van der Waals surface area (Å²) in [6.45, 7) is 0.723. The van der Waals surface area contributed by atoms with Crippen molar-refractivity contribution < 1.29 is 4.39 Å². The molecule has 0 amide bonds. The van der Waals surface area contributed by atoms with Gasteiger partial charge in [-0.25, -0.2) is 4.39 Å². The molecule has 1 fully saturated rings. The Bertz CT molecular complexity index is 285. The number of nitrogens with two attached hydrogens (primary N) is 1. The van der Waals surface area contributed by atoms with E-state index in [2.05, 4.69) is 0 Å². The van der Waals surface area contributed by atoms with Gasteiger partial charge < -0.3 is 5.73 Å². The van der Waals surface area contributed by atoms with Crippen LogP contribution in [0.3, 0.4) is 0 Å². The average molecular weight is 165 g/mol. The smallest absolute Gasteiger partial charge is 0.123 e. The van der Waals surface area contributed by atoms with Crippen LogP contribution in [0, 0.1) is 11.7 Å². The van der Waals surface area contributed by atoms with E-state index in [1.165, 1.54) is 6.07 Å². The Labute approximate surface area is 71.4 Å². The lowest BCUT2D eigenvalue weighted by Gasteiger charge is -1.98. The van der Waals surface area contributed by atoms with E-state index in [1.54, 1.807) is 12.1 Å². The summed E-state index contributed by atoms with van der Waals surface area (Å²) < 4.78 is 12.8. The Morgan fingerprint density at radius 3 is 2.92 bits per heavy atom. The molecule has 1 aromatic rings. The molecule has 0 saturated heterocycles. The highest BCUT2D eigenvalue weighted by molar-refractivity contribution is 5.26. The summed E-state index contributed by atoms with van der Waals surface area (Å²) >= 11 is 0. The molecule has 1 aromatic carbocycles. The molecule has 64 valence electrons. The van der Waals surface area contributed by atoms with E-state index in [4.69, 9.17) is 5.73 Å². The maximum atomic E-state index is 12.8. The van der Waals surface area contributed by atoms with Crippen molar-refractivity contribution >= 4 is 0 Å². The molecule has 1 aliphatic carbocycles. The summed E-state index contributed by atoms with van der Waals surface area (Å²) in [5.41, 5.74) is 6.61. The first-order chi connectivity index (χ1) is 5.81. The first kappa shape index (κ1) is 7.74. The van der Waals surface area contributed by atoms with Crippen molar-refractivity contribution in [2.45, 2.75) is 12.3 Å². The molecular formula is C10H12FN. The third-order valence-electron chi connectivity index (χ3n) is 2.50. The molecule has 0 radical (unpaired) electrons. The minimum atomic E-state index is -0.143.